The van der Waals surface area contributed by atoms with E-state index in [1.165, 1.54) is 22.0 Å². The first-order valence-corrected chi connectivity index (χ1v) is 38.0. The second-order valence-electron chi connectivity index (χ2n) is 29.7. The van der Waals surface area contributed by atoms with Gasteiger partial charge < -0.3 is 9.80 Å². The maximum Gasteiger partial charge on any atom is 0.252 e. The van der Waals surface area contributed by atoms with Crippen molar-refractivity contribution in [1.82, 2.24) is 0 Å². The lowest BCUT2D eigenvalue weighted by molar-refractivity contribution is 0.590. The molecule has 2 heterocycles. The molecular weight excluding hydrogens is 1310 g/mol. The molecule has 17 aromatic rings. The summed E-state index contributed by atoms with van der Waals surface area (Å²) in [6, 6.07) is 155. The Kier molecular flexibility index (Phi) is 17.0. The van der Waals surface area contributed by atoms with Gasteiger partial charge in [-0.05, 0) is 141 Å². The van der Waals surface area contributed by atoms with Crippen molar-refractivity contribution >= 4 is 57.2 Å². The van der Waals surface area contributed by atoms with Gasteiger partial charge in [0.25, 0.3) is 6.71 Å². The predicted molar refractivity (Wildman–Crippen MR) is 464 cm³/mol. The van der Waals surface area contributed by atoms with Crippen molar-refractivity contribution in [2.24, 2.45) is 0 Å². The van der Waals surface area contributed by atoms with Crippen LogP contribution in [0.3, 0.4) is 0 Å². The van der Waals surface area contributed by atoms with Crippen LogP contribution in [0.25, 0.3) is 134 Å². The first-order valence-electron chi connectivity index (χ1n) is 38.0. The SMILES string of the molecule is CC(C)(C)c1cc2c3c(c1)N(c1c(-c4ccccc4)c(-c4ccccc4)c(-c4ccccc4)c(-c4ccccc4)c1-c1ccccc1)c1ccc(-c4ccccc4)cc1B3c1cc(-c3ccccc3)ccc1N2c1c(-c2ccccc2)c(-c2ccccc2)c(-c2ccccc2)c(-c2ccccc2)c1-c1ccccc1. The van der Waals surface area contributed by atoms with Crippen molar-refractivity contribution in [2.75, 3.05) is 9.80 Å². The van der Waals surface area contributed by atoms with Crippen molar-refractivity contribution in [3.63, 3.8) is 0 Å². The lowest BCUT2D eigenvalue weighted by Gasteiger charge is -2.47. The topological polar surface area (TPSA) is 6.48 Å². The lowest BCUT2D eigenvalue weighted by atomic mass is 9.33. The normalized spacial score (nSPS) is 12.1. The van der Waals surface area contributed by atoms with Gasteiger partial charge in [0.2, 0.25) is 0 Å². The van der Waals surface area contributed by atoms with Crippen LogP contribution in [0, 0.1) is 0 Å². The van der Waals surface area contributed by atoms with Crippen LogP contribution in [-0.4, -0.2) is 6.71 Å². The number of anilines is 6. The van der Waals surface area contributed by atoms with Crippen LogP contribution in [0.1, 0.15) is 26.3 Å². The van der Waals surface area contributed by atoms with Crippen molar-refractivity contribution in [1.29, 1.82) is 0 Å². The zero-order valence-corrected chi connectivity index (χ0v) is 61.2. The summed E-state index contributed by atoms with van der Waals surface area (Å²) < 4.78 is 0. The maximum atomic E-state index is 2.76. The summed E-state index contributed by atoms with van der Waals surface area (Å²) in [6.45, 7) is 6.89. The van der Waals surface area contributed by atoms with Crippen molar-refractivity contribution in [3.8, 4) is 134 Å². The fourth-order valence-electron chi connectivity index (χ4n) is 17.4. The zero-order valence-electron chi connectivity index (χ0n) is 61.2. The molecule has 0 saturated heterocycles. The molecule has 0 unspecified atom stereocenters. The fourth-order valence-corrected chi connectivity index (χ4v) is 17.4. The van der Waals surface area contributed by atoms with Gasteiger partial charge in [-0.1, -0.05) is 409 Å². The highest BCUT2D eigenvalue weighted by atomic mass is 15.2. The summed E-state index contributed by atoms with van der Waals surface area (Å²) in [5, 5.41) is 0. The van der Waals surface area contributed by atoms with Crippen LogP contribution in [0.15, 0.2) is 413 Å². The number of hydrogen-bond acceptors (Lipinski definition) is 2. The molecule has 0 saturated carbocycles. The molecule has 0 aromatic heterocycles. The summed E-state index contributed by atoms with van der Waals surface area (Å²) in [4.78, 5) is 5.52. The van der Waals surface area contributed by atoms with Crippen LogP contribution in [0.5, 0.6) is 0 Å². The van der Waals surface area contributed by atoms with Crippen molar-refractivity contribution in [2.45, 2.75) is 26.2 Å². The molecule has 0 aliphatic carbocycles. The highest BCUT2D eigenvalue weighted by Gasteiger charge is 2.48. The van der Waals surface area contributed by atoms with E-state index in [2.05, 4.69) is 443 Å². The van der Waals surface area contributed by atoms with Crippen molar-refractivity contribution < 1.29 is 0 Å². The molecule has 0 spiro atoms. The number of hydrogen-bond donors (Lipinski definition) is 0. The third-order valence-corrected chi connectivity index (χ3v) is 22.2. The average molecular weight is 1390 g/mol. The highest BCUT2D eigenvalue weighted by molar-refractivity contribution is 7.00. The Morgan fingerprint density at radius 1 is 0.183 bits per heavy atom. The van der Waals surface area contributed by atoms with Crippen molar-refractivity contribution in [3.05, 3.63) is 418 Å². The van der Waals surface area contributed by atoms with E-state index < -0.39 is 5.41 Å². The van der Waals surface area contributed by atoms with E-state index in [4.69, 9.17) is 0 Å². The molecule has 2 nitrogen and oxygen atoms in total. The van der Waals surface area contributed by atoms with E-state index >= 15 is 0 Å². The average Bonchev–Trinajstić information content (AvgIpc) is 0.680. The Morgan fingerprint density at radius 2 is 0.376 bits per heavy atom. The summed E-state index contributed by atoms with van der Waals surface area (Å²) in [6.07, 6.45) is 0. The van der Waals surface area contributed by atoms with Crippen LogP contribution >= 0.6 is 0 Å². The Balaban J connectivity index is 1.08. The molecule has 3 heteroatoms. The van der Waals surface area contributed by atoms with E-state index in [1.807, 2.05) is 0 Å². The Morgan fingerprint density at radius 3 is 0.587 bits per heavy atom. The molecule has 0 amide bonds. The van der Waals surface area contributed by atoms with E-state index in [9.17, 15) is 0 Å². The second-order valence-corrected chi connectivity index (χ2v) is 29.7. The first-order chi connectivity index (χ1) is 53.8. The molecule has 0 fully saturated rings. The molecule has 2 aliphatic heterocycles. The molecule has 0 radical (unpaired) electrons. The van der Waals surface area contributed by atoms with Gasteiger partial charge in [0.1, 0.15) is 0 Å². The molecule has 0 atom stereocenters. The van der Waals surface area contributed by atoms with Crippen LogP contribution in [-0.2, 0) is 5.41 Å². The molecule has 19 rings (SSSR count). The highest BCUT2D eigenvalue weighted by Crippen LogP contribution is 2.63. The molecule has 0 N–H and O–H groups in total. The van der Waals surface area contributed by atoms with Gasteiger partial charge in [0.05, 0.1) is 11.4 Å². The van der Waals surface area contributed by atoms with Gasteiger partial charge >= 0.3 is 0 Å². The zero-order chi connectivity index (χ0) is 72.9. The Hall–Kier alpha value is -13.6. The number of fused-ring (bicyclic) bond motifs is 4. The van der Waals surface area contributed by atoms with Crippen LogP contribution in [0.4, 0.5) is 34.1 Å². The molecule has 109 heavy (non-hydrogen) atoms. The third-order valence-electron chi connectivity index (χ3n) is 22.2. The molecular formula is C106H77BN2. The monoisotopic (exact) mass is 1390 g/mol. The minimum Gasteiger partial charge on any atom is -0.310 e. The standard InChI is InChI=1S/C106H77BN2/c1-106(2,3)86-70-91-103-92(71-86)109(105-101(82-60-36-14-37-61-82)97(78-52-28-10-29-53-78)94(75-46-22-7-23-47-75)98(79-54-30-11-31-55-79)102(105)83-62-38-15-39-63-83)90-67-65-85(73-42-18-5-19-43-73)69-88(90)107(103)87-68-84(72-40-16-4-17-41-72)64-66-89(87)108(91)104-99(80-56-32-12-33-57-80)95(76-48-24-8-25-49-76)93(74-44-20-6-21-45-74)96(77-50-26-9-27-51-77)100(104)81-58-34-13-35-59-81/h4-71H,1-3H3. The van der Waals surface area contributed by atoms with Crippen LogP contribution in [0.2, 0.25) is 0 Å². The summed E-state index contributed by atoms with van der Waals surface area (Å²) in [7, 11) is 0. The summed E-state index contributed by atoms with van der Waals surface area (Å²) >= 11 is 0. The fraction of sp³-hybridized carbons (Fsp3) is 0.0377. The first kappa shape index (κ1) is 66.1. The number of nitrogens with zero attached hydrogens (tertiary/aromatic N) is 2. The Labute approximate surface area is 640 Å². The van der Waals surface area contributed by atoms with E-state index in [0.717, 1.165) is 168 Å². The van der Waals surface area contributed by atoms with Gasteiger partial charge in [-0.15, -0.1) is 0 Å². The Bertz CT molecular complexity index is 5590. The number of rotatable bonds is 14. The maximum absolute atomic E-state index is 2.76. The molecule has 514 valence electrons. The van der Waals surface area contributed by atoms with Gasteiger partial charge in [-0.2, -0.15) is 0 Å². The lowest BCUT2D eigenvalue weighted by Crippen LogP contribution is -2.61. The third kappa shape index (κ3) is 11.7. The molecule has 0 bridgehead atoms. The summed E-state index contributed by atoms with van der Waals surface area (Å²) in [5.41, 5.74) is 38.3. The van der Waals surface area contributed by atoms with E-state index in [1.54, 1.807) is 0 Å². The summed E-state index contributed by atoms with van der Waals surface area (Å²) in [5.74, 6) is 0. The smallest absolute Gasteiger partial charge is 0.252 e. The predicted octanol–water partition coefficient (Wildman–Crippen LogP) is 27.1. The van der Waals surface area contributed by atoms with E-state index in [0.29, 0.717) is 0 Å². The van der Waals surface area contributed by atoms with Gasteiger partial charge in [0, 0.05) is 67.3 Å². The van der Waals surface area contributed by atoms with Crippen LogP contribution < -0.4 is 26.2 Å². The largest absolute Gasteiger partial charge is 0.310 e. The minimum absolute atomic E-state index is 0.318. The minimum atomic E-state index is -0.397. The van der Waals surface area contributed by atoms with E-state index in [-0.39, 0.29) is 6.71 Å². The molecule has 17 aromatic carbocycles. The quantitative estimate of drug-likeness (QED) is 0.100. The molecule has 2 aliphatic rings. The van der Waals surface area contributed by atoms with Gasteiger partial charge in [0.15, 0.2) is 0 Å². The van der Waals surface area contributed by atoms with Gasteiger partial charge in [-0.3, -0.25) is 0 Å². The number of benzene rings is 17. The van der Waals surface area contributed by atoms with Gasteiger partial charge in [-0.25, -0.2) is 0 Å². The second kappa shape index (κ2) is 28.0.